The average molecular weight is 2030 g/mol. The van der Waals surface area contributed by atoms with Gasteiger partial charge in [-0.2, -0.15) is 30.6 Å². The highest BCUT2D eigenvalue weighted by Gasteiger charge is 2.33. The Balaban J connectivity index is 0.000000138. The maximum atomic E-state index is 12.7. The molecule has 0 spiro atoms. The van der Waals surface area contributed by atoms with Crippen LogP contribution in [0.4, 0.5) is 37.7 Å². The molecule has 27 nitrogen and oxygen atoms in total. The van der Waals surface area contributed by atoms with Crippen molar-refractivity contribution >= 4 is 171 Å². The number of nitrogens with zero attached hydrogens (tertiary/aromatic N) is 14. The summed E-state index contributed by atoms with van der Waals surface area (Å²) in [5.74, 6) is -1.73. The number of benzene rings is 7. The van der Waals surface area contributed by atoms with Crippen LogP contribution in [0.25, 0.3) is 72.9 Å². The van der Waals surface area contributed by atoms with Crippen molar-refractivity contribution in [1.82, 2.24) is 58.7 Å². The Bertz CT molecular complexity index is 7520. The predicted octanol–water partition coefficient (Wildman–Crippen LogP) is 24.0. The van der Waals surface area contributed by atoms with Gasteiger partial charge in [0, 0.05) is 129 Å². The number of hydrogen-bond donors (Lipinski definition) is 0. The second-order valence-electron chi connectivity index (χ2n) is 30.8. The number of thiophene rings is 3. The highest BCUT2D eigenvalue weighted by atomic mass is 35.5. The van der Waals surface area contributed by atoms with E-state index in [2.05, 4.69) is 49.7 Å². The van der Waals surface area contributed by atoms with E-state index in [4.69, 9.17) is 25.2 Å². The molecule has 0 bridgehead atoms. The summed E-state index contributed by atoms with van der Waals surface area (Å²) in [4.78, 5) is 93.6. The first-order chi connectivity index (χ1) is 70.1. The van der Waals surface area contributed by atoms with Crippen LogP contribution in [0.5, 0.6) is 11.5 Å². The number of methoxy groups -OCH3 is 1. The van der Waals surface area contributed by atoms with E-state index in [0.29, 0.717) is 61.4 Å². The molecule has 732 valence electrons. The summed E-state index contributed by atoms with van der Waals surface area (Å²) in [5.41, 5.74) is 9.76. The number of alkyl halides is 6. The number of carbonyl (C=O) groups is 7. The zero-order valence-corrected chi connectivity index (χ0v) is 80.2. The zero-order chi connectivity index (χ0) is 102. The quantitative estimate of drug-likeness (QED) is 0.0424. The van der Waals surface area contributed by atoms with Crippen molar-refractivity contribution in [2.24, 2.45) is 0 Å². The lowest BCUT2D eigenvalue weighted by Gasteiger charge is -2.28. The topological polar surface area (TPSA) is 296 Å². The van der Waals surface area contributed by atoms with Crippen molar-refractivity contribution in [2.75, 3.05) is 57.3 Å². The number of furan rings is 2. The lowest BCUT2D eigenvalue weighted by Crippen LogP contribution is -2.36. The Morgan fingerprint density at radius 3 is 1.11 bits per heavy atom. The molecular weight excluding hydrogens is 1950 g/mol. The van der Waals surface area contributed by atoms with Crippen LogP contribution in [0.2, 0.25) is 5.02 Å². The SMILES string of the molecule is CN(C)c1cccc(C(=O)n2ccc(/C=C/c3ccco3)n2)c1.COC(=O)c1cccc(C(=O)n2ccc(/C=C/c3ccco3)n2)c1.O=C(c1ccc(N2CCOCC2)cc1)n1ccc(/C=C/c2ccccc2)n1.O=C(c1ccc(OC(F)(F)F)cc1)n1ccc(/C=C/c2cccs2)n1.O=C(c1cccc(Cl)c1)n1ccc(/C=C/c2cccs2)n1.O=C(c1cccc(OC(F)(F)F)c1)n1ccc(/C=C/c2cccs2)n1. The number of rotatable bonds is 23. The molecule has 18 aromatic rings. The van der Waals surface area contributed by atoms with Gasteiger partial charge in [0.2, 0.25) is 0 Å². The van der Waals surface area contributed by atoms with Gasteiger partial charge < -0.3 is 37.6 Å². The Morgan fingerprint density at radius 1 is 0.352 bits per heavy atom. The summed E-state index contributed by atoms with van der Waals surface area (Å²) in [6, 6.07) is 77.3. The molecule has 37 heteroatoms. The first-order valence-corrected chi connectivity index (χ1v) is 46.9. The molecular formula is C108H85ClF6N14O13S3. The van der Waals surface area contributed by atoms with E-state index >= 15 is 0 Å². The fraction of sp³-hybridized carbons (Fsp3) is 0.0833. The molecule has 0 saturated carbocycles. The fourth-order valence-electron chi connectivity index (χ4n) is 13.2. The van der Waals surface area contributed by atoms with Gasteiger partial charge in [-0.25, -0.2) is 32.9 Å². The predicted molar refractivity (Wildman–Crippen MR) is 548 cm³/mol. The van der Waals surface area contributed by atoms with Crippen molar-refractivity contribution in [1.29, 1.82) is 0 Å². The molecule has 1 saturated heterocycles. The lowest BCUT2D eigenvalue weighted by atomic mass is 10.1. The van der Waals surface area contributed by atoms with Crippen LogP contribution in [0.15, 0.2) is 348 Å². The first-order valence-electron chi connectivity index (χ1n) is 43.9. The molecule has 0 atom stereocenters. The van der Waals surface area contributed by atoms with E-state index in [0.717, 1.165) is 109 Å². The van der Waals surface area contributed by atoms with E-state index in [1.54, 1.807) is 187 Å². The molecule has 0 N–H and O–H groups in total. The van der Waals surface area contributed by atoms with E-state index in [-0.39, 0.29) is 40.5 Å². The molecule has 7 aromatic carbocycles. The third-order valence-corrected chi connectivity index (χ3v) is 23.1. The number of ether oxygens (including phenoxy) is 4. The maximum absolute atomic E-state index is 12.7. The van der Waals surface area contributed by atoms with Crippen LogP contribution in [0.1, 0.15) is 138 Å². The monoisotopic (exact) mass is 2030 g/mol. The van der Waals surface area contributed by atoms with Gasteiger partial charge >= 0.3 is 18.7 Å². The minimum Gasteiger partial charge on any atom is -0.465 e. The minimum atomic E-state index is -4.81. The summed E-state index contributed by atoms with van der Waals surface area (Å²) in [5, 5.41) is 31.8. The summed E-state index contributed by atoms with van der Waals surface area (Å²) in [7, 11) is 5.17. The number of esters is 1. The molecule has 1 aliphatic rings. The largest absolute Gasteiger partial charge is 0.573 e. The van der Waals surface area contributed by atoms with Gasteiger partial charge in [0.1, 0.15) is 23.0 Å². The van der Waals surface area contributed by atoms with Crippen LogP contribution < -0.4 is 19.3 Å². The number of carbonyl (C=O) groups excluding carboxylic acids is 7. The molecule has 11 aromatic heterocycles. The first kappa shape index (κ1) is 103. The van der Waals surface area contributed by atoms with Crippen molar-refractivity contribution in [3.63, 3.8) is 0 Å². The van der Waals surface area contributed by atoms with Gasteiger partial charge in [0.05, 0.1) is 72.6 Å². The van der Waals surface area contributed by atoms with Crippen LogP contribution in [-0.4, -0.2) is 160 Å². The Kier molecular flexibility index (Phi) is 36.0. The van der Waals surface area contributed by atoms with Gasteiger partial charge in [-0.05, 0) is 289 Å². The number of hydrogen-bond acceptors (Lipinski definition) is 24. The Hall–Kier alpha value is -17.6. The fourth-order valence-corrected chi connectivity index (χ4v) is 15.3. The molecule has 1 aliphatic heterocycles. The van der Waals surface area contributed by atoms with Crippen LogP contribution >= 0.6 is 45.6 Å². The summed E-state index contributed by atoms with van der Waals surface area (Å²) in [6.45, 7) is 3.24. The van der Waals surface area contributed by atoms with Crippen LogP contribution in [0, 0.1) is 0 Å². The smallest absolute Gasteiger partial charge is 0.465 e. The number of halogens is 7. The van der Waals surface area contributed by atoms with Gasteiger partial charge in [-0.15, -0.1) is 60.4 Å². The van der Waals surface area contributed by atoms with Crippen molar-refractivity contribution in [3.8, 4) is 11.5 Å². The summed E-state index contributed by atoms with van der Waals surface area (Å²) in [6.07, 6.45) is 25.3. The zero-order valence-electron chi connectivity index (χ0n) is 77.0. The standard InChI is InChI=1S/C22H21N3O2.C18H17N3O2.C18H14N2O4.2C17H11F3N2O2S.C16H11ClN2OS/c26-22(19-7-10-21(11-8-19)24-14-16-27-17-15-24)25-13-12-20(23-25)9-6-18-4-2-1-3-5-18;1-20(2)16-6-3-5-14(13-16)18(22)21-11-10-15(19-21)8-9-17-7-4-12-23-17;1-23-18(22)14-5-2-4-13(12-14)17(21)20-10-9-15(19-20)7-8-16-6-3-11-24-16;18-17(19,20)24-14-4-1-3-12(11-14)16(23)22-9-8-13(21-22)6-7-15-5-2-10-25-15;18-17(19,20)24-14-6-3-12(4-7-14)16(23)22-10-9-13(21-22)5-8-15-2-1-11-25-15;17-13-4-1-3-12(11-13)16(20)19-9-8-14(18-19)6-7-15-5-2-10-21-15/h1-13H,14-17H2;3-13H,1-2H3;2-12H,1H3;2*1-11H;1-11H/b9-6+;9-8+;8-7+;7-6+;8-5+;7-6+. The molecule has 0 aliphatic carbocycles. The maximum Gasteiger partial charge on any atom is 0.573 e. The van der Waals surface area contributed by atoms with Crippen LogP contribution in [-0.2, 0) is 9.47 Å². The Morgan fingerprint density at radius 2 is 0.717 bits per heavy atom. The molecule has 12 heterocycles. The number of anilines is 2. The van der Waals surface area contributed by atoms with E-state index in [1.807, 2.05) is 211 Å². The normalized spacial score (nSPS) is 11.9. The van der Waals surface area contributed by atoms with Crippen LogP contribution in [0.3, 0.4) is 0 Å². The highest BCUT2D eigenvalue weighted by Crippen LogP contribution is 2.28. The van der Waals surface area contributed by atoms with E-state index in [9.17, 15) is 59.9 Å². The molecule has 145 heavy (non-hydrogen) atoms. The van der Waals surface area contributed by atoms with Gasteiger partial charge in [-0.1, -0.05) is 90.5 Å². The van der Waals surface area contributed by atoms with Gasteiger partial charge in [0.15, 0.2) is 0 Å². The Labute approximate surface area is 842 Å². The highest BCUT2D eigenvalue weighted by molar-refractivity contribution is 7.11. The number of morpholine rings is 1. The minimum absolute atomic E-state index is 0.0404. The van der Waals surface area contributed by atoms with E-state index in [1.165, 1.54) is 68.6 Å². The van der Waals surface area contributed by atoms with Crippen molar-refractivity contribution in [3.05, 3.63) is 449 Å². The molecule has 19 rings (SSSR count). The molecule has 0 radical (unpaired) electrons. The second-order valence-corrected chi connectivity index (χ2v) is 34.1. The molecule has 0 amide bonds. The number of aromatic nitrogens is 12. The lowest BCUT2D eigenvalue weighted by molar-refractivity contribution is -0.275. The van der Waals surface area contributed by atoms with Crippen molar-refractivity contribution < 1.29 is 87.7 Å². The van der Waals surface area contributed by atoms with Crippen molar-refractivity contribution in [2.45, 2.75) is 12.7 Å². The van der Waals surface area contributed by atoms with Gasteiger partial charge in [0.25, 0.3) is 35.4 Å². The molecule has 1 fully saturated rings. The average Bonchev–Trinajstić information content (AvgIpc) is 1.75. The summed E-state index contributed by atoms with van der Waals surface area (Å²) >= 11 is 10.7. The van der Waals surface area contributed by atoms with Gasteiger partial charge in [-0.3, -0.25) is 28.8 Å². The third-order valence-electron chi connectivity index (χ3n) is 20.3. The molecule has 0 unspecified atom stereocenters. The third kappa shape index (κ3) is 31.5. The summed E-state index contributed by atoms with van der Waals surface area (Å²) < 4.78 is 109. The second kappa shape index (κ2) is 50.5. The van der Waals surface area contributed by atoms with E-state index < -0.39 is 36.3 Å².